The highest BCUT2D eigenvalue weighted by molar-refractivity contribution is 7.10. The Hall–Kier alpha value is -1.40. The number of rotatable bonds is 9. The molecule has 0 fully saturated rings. The molecule has 0 saturated heterocycles. The number of carbonyl (C=O) groups excluding carboxylic acids is 2. The average molecular weight is 298 g/mol. The number of methoxy groups -OCH3 is 1. The van der Waals surface area contributed by atoms with E-state index in [0.29, 0.717) is 13.0 Å². The average Bonchev–Trinajstić information content (AvgIpc) is 2.97. The first-order valence-corrected chi connectivity index (χ1v) is 7.65. The third-order valence-corrected chi connectivity index (χ3v) is 3.91. The molecule has 5 nitrogen and oxygen atoms in total. The Labute approximate surface area is 123 Å². The van der Waals surface area contributed by atoms with Gasteiger partial charge in [-0.25, -0.2) is 0 Å². The zero-order chi connectivity index (χ0) is 14.8. The monoisotopic (exact) mass is 298 g/mol. The lowest BCUT2D eigenvalue weighted by molar-refractivity contribution is -0.141. The molecule has 0 aromatic carbocycles. The van der Waals surface area contributed by atoms with Crippen LogP contribution in [0.3, 0.4) is 0 Å². The Morgan fingerprint density at radius 1 is 1.40 bits per heavy atom. The molecular weight excluding hydrogens is 276 g/mol. The maximum atomic E-state index is 11.9. The number of unbranched alkanes of at least 4 members (excludes halogenated alkanes) is 2. The number of amides is 1. The molecule has 0 spiro atoms. The van der Waals surface area contributed by atoms with Gasteiger partial charge >= 0.3 is 5.97 Å². The van der Waals surface area contributed by atoms with Crippen LogP contribution in [0.5, 0.6) is 0 Å². The van der Waals surface area contributed by atoms with Crippen LogP contribution in [0.4, 0.5) is 0 Å². The summed E-state index contributed by atoms with van der Waals surface area (Å²) in [6, 6.07) is 3.51. The number of thiophene rings is 1. The fourth-order valence-corrected chi connectivity index (χ4v) is 2.61. The van der Waals surface area contributed by atoms with Crippen LogP contribution in [0.2, 0.25) is 0 Å². The molecule has 0 aliphatic heterocycles. The molecule has 1 atom stereocenters. The van der Waals surface area contributed by atoms with Crippen LogP contribution in [-0.4, -0.2) is 25.5 Å². The van der Waals surface area contributed by atoms with Gasteiger partial charge in [0.25, 0.3) is 0 Å². The summed E-state index contributed by atoms with van der Waals surface area (Å²) in [5.74, 6) is -0.365. The van der Waals surface area contributed by atoms with Gasteiger partial charge in [-0.05, 0) is 30.8 Å². The van der Waals surface area contributed by atoms with E-state index in [2.05, 4.69) is 10.1 Å². The highest BCUT2D eigenvalue weighted by Crippen LogP contribution is 2.22. The number of hydrogen-bond acceptors (Lipinski definition) is 5. The summed E-state index contributed by atoms with van der Waals surface area (Å²) in [5, 5.41) is 4.82. The SMILES string of the molecule is COC(=O)CC(NC(=O)CCCCCN)c1cccs1. The molecule has 1 aromatic rings. The molecule has 112 valence electrons. The number of esters is 1. The van der Waals surface area contributed by atoms with Crippen LogP contribution in [-0.2, 0) is 14.3 Å². The molecule has 1 rings (SSSR count). The summed E-state index contributed by atoms with van der Waals surface area (Å²) >= 11 is 1.52. The minimum atomic E-state index is -0.327. The summed E-state index contributed by atoms with van der Waals surface area (Å²) in [7, 11) is 1.35. The summed E-state index contributed by atoms with van der Waals surface area (Å²) in [4.78, 5) is 24.3. The van der Waals surface area contributed by atoms with Crippen molar-refractivity contribution in [1.82, 2.24) is 5.32 Å². The summed E-state index contributed by atoms with van der Waals surface area (Å²) in [6.45, 7) is 0.655. The van der Waals surface area contributed by atoms with Gasteiger partial charge in [-0.15, -0.1) is 11.3 Å². The predicted molar refractivity (Wildman–Crippen MR) is 79.4 cm³/mol. The van der Waals surface area contributed by atoms with Crippen LogP contribution in [0.1, 0.15) is 43.0 Å². The van der Waals surface area contributed by atoms with Gasteiger partial charge in [0.05, 0.1) is 19.6 Å². The maximum absolute atomic E-state index is 11.9. The summed E-state index contributed by atoms with van der Waals surface area (Å²) in [5.41, 5.74) is 5.41. The smallest absolute Gasteiger partial charge is 0.307 e. The van der Waals surface area contributed by atoms with Gasteiger partial charge in [-0.3, -0.25) is 9.59 Å². The first-order chi connectivity index (χ1) is 9.67. The first-order valence-electron chi connectivity index (χ1n) is 6.77. The van der Waals surface area contributed by atoms with E-state index in [-0.39, 0.29) is 24.3 Å². The molecule has 0 aliphatic carbocycles. The number of ether oxygens (including phenoxy) is 1. The highest BCUT2D eigenvalue weighted by Gasteiger charge is 2.19. The maximum Gasteiger partial charge on any atom is 0.307 e. The van der Waals surface area contributed by atoms with Crippen molar-refractivity contribution in [3.05, 3.63) is 22.4 Å². The summed E-state index contributed by atoms with van der Waals surface area (Å²) < 4.78 is 4.67. The Morgan fingerprint density at radius 3 is 2.80 bits per heavy atom. The fraction of sp³-hybridized carbons (Fsp3) is 0.571. The van der Waals surface area contributed by atoms with Gasteiger partial charge in [0, 0.05) is 11.3 Å². The van der Waals surface area contributed by atoms with Crippen molar-refractivity contribution < 1.29 is 14.3 Å². The van der Waals surface area contributed by atoms with Crippen molar-refractivity contribution >= 4 is 23.2 Å². The zero-order valence-electron chi connectivity index (χ0n) is 11.8. The number of hydrogen-bond donors (Lipinski definition) is 2. The Balaban J connectivity index is 2.48. The van der Waals surface area contributed by atoms with Gasteiger partial charge in [-0.1, -0.05) is 12.5 Å². The van der Waals surface area contributed by atoms with Gasteiger partial charge in [0.2, 0.25) is 5.91 Å². The molecule has 20 heavy (non-hydrogen) atoms. The van der Waals surface area contributed by atoms with E-state index in [1.807, 2.05) is 17.5 Å². The lowest BCUT2D eigenvalue weighted by Crippen LogP contribution is -2.29. The van der Waals surface area contributed by atoms with Crippen molar-refractivity contribution in [2.75, 3.05) is 13.7 Å². The van der Waals surface area contributed by atoms with Crippen molar-refractivity contribution in [1.29, 1.82) is 0 Å². The minimum absolute atomic E-state index is 0.0377. The standard InChI is InChI=1S/C14H22N2O3S/c1-19-14(18)10-11(12-6-5-9-20-12)16-13(17)7-3-2-4-8-15/h5-6,9,11H,2-4,7-8,10,15H2,1H3,(H,16,17). The molecule has 1 unspecified atom stereocenters. The van der Waals surface area contributed by atoms with Gasteiger partial charge in [0.1, 0.15) is 0 Å². The van der Waals surface area contributed by atoms with E-state index in [4.69, 9.17) is 5.73 Å². The largest absolute Gasteiger partial charge is 0.469 e. The zero-order valence-corrected chi connectivity index (χ0v) is 12.6. The second kappa shape index (κ2) is 9.50. The van der Waals surface area contributed by atoms with E-state index < -0.39 is 0 Å². The van der Waals surface area contributed by atoms with Crippen LogP contribution < -0.4 is 11.1 Å². The molecule has 1 amide bonds. The van der Waals surface area contributed by atoms with E-state index >= 15 is 0 Å². The third kappa shape index (κ3) is 6.16. The number of nitrogens with two attached hydrogens (primary N) is 1. The Kier molecular flexibility index (Phi) is 7.91. The predicted octanol–water partition coefficient (Wildman–Crippen LogP) is 1.99. The van der Waals surface area contributed by atoms with Crippen LogP contribution in [0, 0.1) is 0 Å². The van der Waals surface area contributed by atoms with E-state index in [1.54, 1.807) is 0 Å². The number of nitrogens with one attached hydrogen (secondary N) is 1. The van der Waals surface area contributed by atoms with Gasteiger partial charge in [-0.2, -0.15) is 0 Å². The van der Waals surface area contributed by atoms with Gasteiger partial charge < -0.3 is 15.8 Å². The molecule has 1 heterocycles. The molecule has 6 heteroatoms. The molecule has 0 saturated carbocycles. The first kappa shape index (κ1) is 16.7. The molecule has 3 N–H and O–H groups in total. The minimum Gasteiger partial charge on any atom is -0.469 e. The molecular formula is C14H22N2O3S. The topological polar surface area (TPSA) is 81.4 Å². The van der Waals surface area contributed by atoms with Crippen LogP contribution >= 0.6 is 11.3 Å². The highest BCUT2D eigenvalue weighted by atomic mass is 32.1. The second-order valence-corrected chi connectivity index (χ2v) is 5.49. The van der Waals surface area contributed by atoms with Crippen molar-refractivity contribution in [2.45, 2.75) is 38.1 Å². The van der Waals surface area contributed by atoms with E-state index in [0.717, 1.165) is 24.1 Å². The molecule has 1 aromatic heterocycles. The van der Waals surface area contributed by atoms with Crippen molar-refractivity contribution in [2.24, 2.45) is 5.73 Å². The lowest BCUT2D eigenvalue weighted by Gasteiger charge is -2.16. The van der Waals surface area contributed by atoms with Crippen molar-refractivity contribution in [3.63, 3.8) is 0 Å². The number of carbonyl (C=O) groups is 2. The quantitative estimate of drug-likeness (QED) is 0.539. The molecule has 0 aliphatic rings. The molecule has 0 radical (unpaired) electrons. The molecule has 0 bridgehead atoms. The van der Waals surface area contributed by atoms with Gasteiger partial charge in [0.15, 0.2) is 0 Å². The summed E-state index contributed by atoms with van der Waals surface area (Å²) in [6.07, 6.45) is 3.32. The Morgan fingerprint density at radius 2 is 2.20 bits per heavy atom. The lowest BCUT2D eigenvalue weighted by atomic mass is 10.1. The van der Waals surface area contributed by atoms with E-state index in [1.165, 1.54) is 18.4 Å². The fourth-order valence-electron chi connectivity index (χ4n) is 1.84. The van der Waals surface area contributed by atoms with E-state index in [9.17, 15) is 9.59 Å². The normalized spacial score (nSPS) is 11.9. The Bertz CT molecular complexity index is 407. The van der Waals surface area contributed by atoms with Crippen LogP contribution in [0.25, 0.3) is 0 Å². The third-order valence-electron chi connectivity index (χ3n) is 2.93. The van der Waals surface area contributed by atoms with Crippen LogP contribution in [0.15, 0.2) is 17.5 Å². The van der Waals surface area contributed by atoms with Crippen molar-refractivity contribution in [3.8, 4) is 0 Å². The second-order valence-electron chi connectivity index (χ2n) is 4.52.